The molecule has 2 aromatic carbocycles. The second-order valence-electron chi connectivity index (χ2n) is 6.74. The summed E-state index contributed by atoms with van der Waals surface area (Å²) >= 11 is 5.94. The SMILES string of the molecule is COc1ccc(NC(N)=NCC(=O)N2CCN(c3ccc(Cl)cc3)CC2)cc1OC. The lowest BCUT2D eigenvalue weighted by Crippen LogP contribution is -2.49. The van der Waals surface area contributed by atoms with Crippen molar-refractivity contribution in [2.24, 2.45) is 10.7 Å². The minimum absolute atomic E-state index is 0.00688. The van der Waals surface area contributed by atoms with Gasteiger partial charge in [-0.1, -0.05) is 11.6 Å². The van der Waals surface area contributed by atoms with Crippen molar-refractivity contribution in [3.8, 4) is 11.5 Å². The van der Waals surface area contributed by atoms with Crippen LogP contribution < -0.4 is 25.4 Å². The van der Waals surface area contributed by atoms with Crippen LogP contribution >= 0.6 is 11.6 Å². The first-order valence-corrected chi connectivity index (χ1v) is 9.95. The fourth-order valence-electron chi connectivity index (χ4n) is 3.22. The van der Waals surface area contributed by atoms with Crippen LogP contribution in [0.5, 0.6) is 11.5 Å². The number of carbonyl (C=O) groups excluding carboxylic acids is 1. The summed E-state index contributed by atoms with van der Waals surface area (Å²) < 4.78 is 10.5. The van der Waals surface area contributed by atoms with E-state index in [2.05, 4.69) is 15.2 Å². The van der Waals surface area contributed by atoms with Crippen LogP contribution in [0.1, 0.15) is 0 Å². The van der Waals surface area contributed by atoms with E-state index in [1.54, 1.807) is 37.3 Å². The molecule has 30 heavy (non-hydrogen) atoms. The van der Waals surface area contributed by atoms with Gasteiger partial charge in [0, 0.05) is 48.6 Å². The van der Waals surface area contributed by atoms with E-state index >= 15 is 0 Å². The van der Waals surface area contributed by atoms with Crippen molar-refractivity contribution in [1.82, 2.24) is 4.90 Å². The van der Waals surface area contributed by atoms with Gasteiger partial charge in [-0.05, 0) is 36.4 Å². The predicted molar refractivity (Wildman–Crippen MR) is 120 cm³/mol. The third kappa shape index (κ3) is 5.48. The second kappa shape index (κ2) is 10.1. The van der Waals surface area contributed by atoms with Gasteiger partial charge in [-0.3, -0.25) is 4.79 Å². The fraction of sp³-hybridized carbons (Fsp3) is 0.333. The van der Waals surface area contributed by atoms with Crippen LogP contribution in [0.15, 0.2) is 47.5 Å². The highest BCUT2D eigenvalue weighted by molar-refractivity contribution is 6.30. The van der Waals surface area contributed by atoms with Crippen molar-refractivity contribution >= 4 is 34.8 Å². The first-order valence-electron chi connectivity index (χ1n) is 9.57. The van der Waals surface area contributed by atoms with Gasteiger partial charge in [-0.25, -0.2) is 4.99 Å². The number of anilines is 2. The largest absolute Gasteiger partial charge is 0.493 e. The van der Waals surface area contributed by atoms with Gasteiger partial charge in [0.15, 0.2) is 17.5 Å². The van der Waals surface area contributed by atoms with Crippen molar-refractivity contribution < 1.29 is 14.3 Å². The topological polar surface area (TPSA) is 92.4 Å². The monoisotopic (exact) mass is 431 g/mol. The maximum atomic E-state index is 12.5. The first kappa shape index (κ1) is 21.6. The molecule has 0 aromatic heterocycles. The molecule has 2 aromatic rings. The van der Waals surface area contributed by atoms with E-state index in [1.807, 2.05) is 24.3 Å². The number of methoxy groups -OCH3 is 2. The van der Waals surface area contributed by atoms with Crippen molar-refractivity contribution in [2.45, 2.75) is 0 Å². The quantitative estimate of drug-likeness (QED) is 0.539. The summed E-state index contributed by atoms with van der Waals surface area (Å²) in [5.74, 6) is 1.30. The molecule has 0 spiro atoms. The zero-order valence-electron chi connectivity index (χ0n) is 17.1. The minimum atomic E-state index is -0.0529. The van der Waals surface area contributed by atoms with Gasteiger partial charge in [0.2, 0.25) is 5.91 Å². The Bertz CT molecular complexity index is 896. The molecule has 8 nitrogen and oxygen atoms in total. The van der Waals surface area contributed by atoms with Gasteiger partial charge in [0.1, 0.15) is 6.54 Å². The Morgan fingerprint density at radius 3 is 2.37 bits per heavy atom. The van der Waals surface area contributed by atoms with Crippen LogP contribution in [0.4, 0.5) is 11.4 Å². The number of halogens is 1. The van der Waals surface area contributed by atoms with E-state index in [4.69, 9.17) is 26.8 Å². The summed E-state index contributed by atoms with van der Waals surface area (Å²) in [6.07, 6.45) is 0. The van der Waals surface area contributed by atoms with Crippen molar-refractivity contribution in [2.75, 3.05) is 57.2 Å². The van der Waals surface area contributed by atoms with Crippen molar-refractivity contribution in [3.63, 3.8) is 0 Å². The lowest BCUT2D eigenvalue weighted by Gasteiger charge is -2.36. The maximum absolute atomic E-state index is 12.5. The molecule has 0 radical (unpaired) electrons. The van der Waals surface area contributed by atoms with Crippen molar-refractivity contribution in [3.05, 3.63) is 47.5 Å². The number of aliphatic imine (C=N–C) groups is 1. The van der Waals surface area contributed by atoms with Gasteiger partial charge >= 0.3 is 0 Å². The predicted octanol–water partition coefficient (Wildman–Crippen LogP) is 2.43. The number of piperazine rings is 1. The van der Waals surface area contributed by atoms with Gasteiger partial charge in [0.05, 0.1) is 14.2 Å². The van der Waals surface area contributed by atoms with Crippen LogP contribution in [-0.2, 0) is 4.79 Å². The smallest absolute Gasteiger partial charge is 0.244 e. The number of carbonyl (C=O) groups is 1. The molecule has 1 aliphatic heterocycles. The summed E-state index contributed by atoms with van der Waals surface area (Å²) in [6.45, 7) is 2.79. The van der Waals surface area contributed by atoms with E-state index in [1.165, 1.54) is 0 Å². The van der Waals surface area contributed by atoms with E-state index in [9.17, 15) is 4.79 Å². The number of amides is 1. The van der Waals surface area contributed by atoms with Gasteiger partial charge < -0.3 is 30.3 Å². The molecule has 160 valence electrons. The molecule has 3 N–H and O–H groups in total. The molecule has 1 amide bonds. The Kier molecular flexibility index (Phi) is 7.24. The average Bonchev–Trinajstić information content (AvgIpc) is 2.78. The number of rotatable bonds is 6. The molecule has 1 heterocycles. The number of benzene rings is 2. The normalized spacial score (nSPS) is 14.4. The average molecular weight is 432 g/mol. The molecule has 0 aliphatic carbocycles. The van der Waals surface area contributed by atoms with E-state index < -0.39 is 0 Å². The second-order valence-corrected chi connectivity index (χ2v) is 7.18. The highest BCUT2D eigenvalue weighted by Gasteiger charge is 2.21. The molecule has 0 bridgehead atoms. The van der Waals surface area contributed by atoms with Crippen LogP contribution in [0.25, 0.3) is 0 Å². The van der Waals surface area contributed by atoms with Crippen LogP contribution in [0, 0.1) is 0 Å². The Hall–Kier alpha value is -3.13. The standard InChI is InChI=1S/C21H26ClN5O3/c1-29-18-8-5-16(13-19(18)30-2)25-21(23)24-14-20(28)27-11-9-26(10-12-27)17-6-3-15(22)4-7-17/h3-8,13H,9-12,14H2,1-2H3,(H3,23,24,25). The summed E-state index contributed by atoms with van der Waals surface area (Å²) in [7, 11) is 3.13. The van der Waals surface area contributed by atoms with Crippen LogP contribution in [0.3, 0.4) is 0 Å². The van der Waals surface area contributed by atoms with Crippen LogP contribution in [0.2, 0.25) is 5.02 Å². The van der Waals surface area contributed by atoms with E-state index in [-0.39, 0.29) is 18.4 Å². The lowest BCUT2D eigenvalue weighted by molar-refractivity contribution is -0.129. The fourth-order valence-corrected chi connectivity index (χ4v) is 3.35. The van der Waals surface area contributed by atoms with Crippen LogP contribution in [-0.4, -0.2) is 63.7 Å². The molecule has 0 saturated carbocycles. The highest BCUT2D eigenvalue weighted by Crippen LogP contribution is 2.29. The summed E-state index contributed by atoms with van der Waals surface area (Å²) in [4.78, 5) is 20.7. The zero-order valence-corrected chi connectivity index (χ0v) is 17.9. The molecule has 1 saturated heterocycles. The summed E-state index contributed by atoms with van der Waals surface area (Å²) in [5, 5.41) is 3.67. The number of guanidine groups is 1. The minimum Gasteiger partial charge on any atom is -0.493 e. The molecular formula is C21H26ClN5O3. The number of ether oxygens (including phenoxy) is 2. The van der Waals surface area contributed by atoms with Crippen molar-refractivity contribution in [1.29, 1.82) is 0 Å². The Morgan fingerprint density at radius 2 is 1.73 bits per heavy atom. The first-order chi connectivity index (χ1) is 14.5. The number of nitrogens with one attached hydrogen (secondary N) is 1. The Labute approximate surface area is 181 Å². The lowest BCUT2D eigenvalue weighted by atomic mass is 10.2. The number of nitrogens with zero attached hydrogens (tertiary/aromatic N) is 3. The molecule has 1 aliphatic rings. The molecule has 3 rings (SSSR count). The maximum Gasteiger partial charge on any atom is 0.244 e. The number of hydrogen-bond acceptors (Lipinski definition) is 5. The third-order valence-corrected chi connectivity index (χ3v) is 5.12. The molecule has 0 unspecified atom stereocenters. The Balaban J connectivity index is 1.50. The molecular weight excluding hydrogens is 406 g/mol. The van der Waals surface area contributed by atoms with Gasteiger partial charge in [0.25, 0.3) is 0 Å². The summed E-state index contributed by atoms with van der Waals surface area (Å²) in [6, 6.07) is 13.0. The Morgan fingerprint density at radius 1 is 1.07 bits per heavy atom. The van der Waals surface area contributed by atoms with Gasteiger partial charge in [-0.15, -0.1) is 0 Å². The van der Waals surface area contributed by atoms with E-state index in [0.717, 1.165) is 18.8 Å². The van der Waals surface area contributed by atoms with Gasteiger partial charge in [-0.2, -0.15) is 0 Å². The number of hydrogen-bond donors (Lipinski definition) is 2. The number of nitrogens with two attached hydrogens (primary N) is 1. The summed E-state index contributed by atoms with van der Waals surface area (Å²) in [5.41, 5.74) is 7.73. The molecule has 9 heteroatoms. The zero-order chi connectivity index (χ0) is 21.5. The third-order valence-electron chi connectivity index (χ3n) is 4.86. The molecule has 0 atom stereocenters. The van der Waals surface area contributed by atoms with E-state index in [0.29, 0.717) is 35.3 Å². The molecule has 1 fully saturated rings. The highest BCUT2D eigenvalue weighted by atomic mass is 35.5.